The zero-order valence-electron chi connectivity index (χ0n) is 6.50. The van der Waals surface area contributed by atoms with Gasteiger partial charge in [-0.15, -0.1) is 0 Å². The molecule has 0 bridgehead atoms. The second-order valence-electron chi connectivity index (χ2n) is 2.62. The van der Waals surface area contributed by atoms with Gasteiger partial charge in [0.1, 0.15) is 0 Å². The van der Waals surface area contributed by atoms with Gasteiger partial charge in [-0.2, -0.15) is 5.26 Å². The Morgan fingerprint density at radius 1 is 1.23 bits per heavy atom. The van der Waals surface area contributed by atoms with E-state index in [4.69, 9.17) is 5.26 Å². The molecule has 1 aliphatic heterocycles. The molecule has 0 spiro atoms. The minimum Gasteiger partial charge on any atom is -0.288 e. The summed E-state index contributed by atoms with van der Waals surface area (Å²) < 4.78 is 0. The molecule has 13 heavy (non-hydrogen) atoms. The highest BCUT2D eigenvalue weighted by atomic mass is 16.2. The normalized spacial score (nSPS) is 13.5. The van der Waals surface area contributed by atoms with E-state index in [2.05, 4.69) is 5.32 Å². The number of amides is 2. The minimum atomic E-state index is -0.489. The molecule has 1 heterocycles. The van der Waals surface area contributed by atoms with E-state index in [0.29, 0.717) is 0 Å². The summed E-state index contributed by atoms with van der Waals surface area (Å²) in [7, 11) is 0. The molecule has 1 aromatic rings. The number of rotatable bonds is 0. The monoisotopic (exact) mass is 172 g/mol. The van der Waals surface area contributed by atoms with Crippen LogP contribution >= 0.6 is 0 Å². The van der Waals surface area contributed by atoms with Crippen molar-refractivity contribution < 1.29 is 9.59 Å². The van der Waals surface area contributed by atoms with Crippen LogP contribution in [0.1, 0.15) is 26.3 Å². The number of nitrogens with one attached hydrogen (secondary N) is 1. The maximum absolute atomic E-state index is 11.2. The van der Waals surface area contributed by atoms with Gasteiger partial charge in [0, 0.05) is 0 Å². The summed E-state index contributed by atoms with van der Waals surface area (Å²) in [5, 5.41) is 10.8. The van der Waals surface area contributed by atoms with Gasteiger partial charge in [-0.25, -0.2) is 0 Å². The van der Waals surface area contributed by atoms with E-state index in [9.17, 15) is 9.59 Å². The first-order valence-corrected chi connectivity index (χ1v) is 3.63. The third kappa shape index (κ3) is 0.908. The van der Waals surface area contributed by atoms with E-state index in [-0.39, 0.29) is 16.7 Å². The van der Waals surface area contributed by atoms with Crippen molar-refractivity contribution in [3.8, 4) is 6.07 Å². The fourth-order valence-electron chi connectivity index (χ4n) is 1.31. The number of carbonyl (C=O) groups excluding carboxylic acids is 2. The Balaban J connectivity index is 2.78. The lowest BCUT2D eigenvalue weighted by atomic mass is 10.0. The lowest BCUT2D eigenvalue weighted by Gasteiger charge is -1.94. The van der Waals surface area contributed by atoms with Crippen molar-refractivity contribution in [1.29, 1.82) is 5.26 Å². The molecule has 2 rings (SSSR count). The molecule has 4 heteroatoms. The first kappa shape index (κ1) is 7.50. The molecule has 4 nitrogen and oxygen atoms in total. The summed E-state index contributed by atoms with van der Waals surface area (Å²) >= 11 is 0. The van der Waals surface area contributed by atoms with Crippen LogP contribution in [0.25, 0.3) is 0 Å². The molecule has 62 valence electrons. The third-order valence-corrected chi connectivity index (χ3v) is 1.88. The number of carbonyl (C=O) groups is 2. The largest absolute Gasteiger partial charge is 0.288 e. The number of hydrogen-bond donors (Lipinski definition) is 1. The maximum atomic E-state index is 11.2. The molecule has 0 saturated heterocycles. The highest BCUT2D eigenvalue weighted by Gasteiger charge is 2.28. The first-order valence-electron chi connectivity index (χ1n) is 3.63. The van der Waals surface area contributed by atoms with E-state index in [1.807, 2.05) is 6.07 Å². The number of imide groups is 1. The van der Waals surface area contributed by atoms with Gasteiger partial charge in [-0.3, -0.25) is 14.9 Å². The predicted molar refractivity (Wildman–Crippen MR) is 43.0 cm³/mol. The summed E-state index contributed by atoms with van der Waals surface area (Å²) in [6.07, 6.45) is 0. The van der Waals surface area contributed by atoms with E-state index in [1.165, 1.54) is 12.1 Å². The van der Waals surface area contributed by atoms with Crippen molar-refractivity contribution in [2.45, 2.75) is 0 Å². The Morgan fingerprint density at radius 3 is 2.69 bits per heavy atom. The smallest absolute Gasteiger partial charge is 0.260 e. The average Bonchev–Trinajstić information content (AvgIpc) is 2.43. The second-order valence-corrected chi connectivity index (χ2v) is 2.62. The first-order chi connectivity index (χ1) is 6.24. The molecule has 0 radical (unpaired) electrons. The van der Waals surface area contributed by atoms with Crippen LogP contribution in [0, 0.1) is 11.3 Å². The van der Waals surface area contributed by atoms with Crippen molar-refractivity contribution in [3.05, 3.63) is 34.9 Å². The fourth-order valence-corrected chi connectivity index (χ4v) is 1.31. The zero-order chi connectivity index (χ0) is 9.42. The molecule has 1 N–H and O–H groups in total. The van der Waals surface area contributed by atoms with Crippen molar-refractivity contribution in [2.24, 2.45) is 0 Å². The molecule has 0 atom stereocenters. The van der Waals surface area contributed by atoms with Gasteiger partial charge in [0.2, 0.25) is 0 Å². The van der Waals surface area contributed by atoms with Crippen LogP contribution in [0.3, 0.4) is 0 Å². The van der Waals surface area contributed by atoms with E-state index >= 15 is 0 Å². The molecule has 1 aliphatic rings. The van der Waals surface area contributed by atoms with Crippen LogP contribution in [0.4, 0.5) is 0 Å². The molecular weight excluding hydrogens is 168 g/mol. The number of benzene rings is 1. The molecule has 0 fully saturated rings. The molecule has 0 unspecified atom stereocenters. The van der Waals surface area contributed by atoms with Crippen molar-refractivity contribution in [2.75, 3.05) is 0 Å². The van der Waals surface area contributed by atoms with E-state index in [0.717, 1.165) is 0 Å². The quantitative estimate of drug-likeness (QED) is 0.577. The number of hydrogen-bond acceptors (Lipinski definition) is 3. The zero-order valence-corrected chi connectivity index (χ0v) is 6.50. The van der Waals surface area contributed by atoms with E-state index in [1.54, 1.807) is 6.07 Å². The summed E-state index contributed by atoms with van der Waals surface area (Å²) in [6, 6.07) is 6.48. The van der Waals surface area contributed by atoms with Crippen molar-refractivity contribution in [3.63, 3.8) is 0 Å². The number of nitrogens with zero attached hydrogens (tertiary/aromatic N) is 1. The van der Waals surface area contributed by atoms with Gasteiger partial charge in [0.15, 0.2) is 0 Å². The molecule has 0 saturated carbocycles. The Kier molecular flexibility index (Phi) is 1.40. The Morgan fingerprint density at radius 2 is 2.00 bits per heavy atom. The lowest BCUT2D eigenvalue weighted by molar-refractivity contribution is 0.0879. The van der Waals surface area contributed by atoms with Gasteiger partial charge in [-0.05, 0) is 12.1 Å². The van der Waals surface area contributed by atoms with Crippen LogP contribution in [0.5, 0.6) is 0 Å². The Bertz CT molecular complexity index is 457. The number of fused-ring (bicyclic) bond motifs is 1. The molecule has 0 aromatic heterocycles. The number of nitriles is 1. The fraction of sp³-hybridized carbons (Fsp3) is 0. The average molecular weight is 172 g/mol. The molecule has 2 amide bonds. The highest BCUT2D eigenvalue weighted by molar-refractivity contribution is 6.22. The summed E-state index contributed by atoms with van der Waals surface area (Å²) in [4.78, 5) is 22.3. The van der Waals surface area contributed by atoms with Crippen molar-refractivity contribution >= 4 is 11.8 Å². The highest BCUT2D eigenvalue weighted by Crippen LogP contribution is 2.18. The van der Waals surface area contributed by atoms with Crippen LogP contribution in [-0.2, 0) is 0 Å². The van der Waals surface area contributed by atoms with Gasteiger partial charge >= 0.3 is 0 Å². The minimum absolute atomic E-state index is 0.190. The lowest BCUT2D eigenvalue weighted by Crippen LogP contribution is -2.20. The summed E-state index contributed by atoms with van der Waals surface area (Å²) in [5.41, 5.74) is 0.708. The third-order valence-electron chi connectivity index (χ3n) is 1.88. The predicted octanol–water partition coefficient (Wildman–Crippen LogP) is 0.442. The molecular formula is C9H4N2O2. The van der Waals surface area contributed by atoms with Gasteiger partial charge in [0.05, 0.1) is 22.8 Å². The SMILES string of the molecule is N#Cc1cccc2c1C(=O)NC2=O. The summed E-state index contributed by atoms with van der Waals surface area (Å²) in [6.45, 7) is 0. The van der Waals surface area contributed by atoms with E-state index < -0.39 is 11.8 Å². The Labute approximate surface area is 73.8 Å². The van der Waals surface area contributed by atoms with Crippen LogP contribution < -0.4 is 5.32 Å². The molecule has 0 aliphatic carbocycles. The maximum Gasteiger partial charge on any atom is 0.260 e. The van der Waals surface area contributed by atoms with Gasteiger partial charge < -0.3 is 0 Å². The van der Waals surface area contributed by atoms with Crippen molar-refractivity contribution in [1.82, 2.24) is 5.32 Å². The standard InChI is InChI=1S/C9H4N2O2/c10-4-5-2-1-3-6-7(5)9(13)11-8(6)12/h1-3H,(H,11,12,13). The Hall–Kier alpha value is -2.15. The second kappa shape index (κ2) is 2.42. The summed E-state index contributed by atoms with van der Waals surface area (Å²) in [5.74, 6) is -0.922. The van der Waals surface area contributed by atoms with Crippen LogP contribution in [0.2, 0.25) is 0 Å². The topological polar surface area (TPSA) is 70.0 Å². The van der Waals surface area contributed by atoms with Crippen LogP contribution in [-0.4, -0.2) is 11.8 Å². The van der Waals surface area contributed by atoms with Gasteiger partial charge in [-0.1, -0.05) is 6.07 Å². The molecule has 1 aromatic carbocycles. The van der Waals surface area contributed by atoms with Crippen LogP contribution in [0.15, 0.2) is 18.2 Å². The van der Waals surface area contributed by atoms with Gasteiger partial charge in [0.25, 0.3) is 11.8 Å².